The number of benzene rings is 1. The standard InChI is InChI=1S/C12H16BrNO/c1-8-11(13)4-3-5-12(8)14-9-6-10(7-9)15-2/h3-5,9-10,14H,6-7H2,1-2H3. The van der Waals surface area contributed by atoms with E-state index < -0.39 is 0 Å². The second kappa shape index (κ2) is 4.54. The number of hydrogen-bond donors (Lipinski definition) is 1. The maximum Gasteiger partial charge on any atom is 0.0610 e. The fourth-order valence-corrected chi connectivity index (χ4v) is 2.23. The number of rotatable bonds is 3. The van der Waals surface area contributed by atoms with Gasteiger partial charge in [0, 0.05) is 23.3 Å². The largest absolute Gasteiger partial charge is 0.382 e. The van der Waals surface area contributed by atoms with Crippen molar-refractivity contribution in [2.45, 2.75) is 31.9 Å². The summed E-state index contributed by atoms with van der Waals surface area (Å²) >= 11 is 3.54. The van der Waals surface area contributed by atoms with Crippen LogP contribution in [0.15, 0.2) is 22.7 Å². The molecule has 0 radical (unpaired) electrons. The zero-order valence-corrected chi connectivity index (χ0v) is 10.7. The SMILES string of the molecule is COC1CC(Nc2cccc(Br)c2C)C1. The molecule has 1 aromatic carbocycles. The van der Waals surface area contributed by atoms with Crippen LogP contribution in [0.1, 0.15) is 18.4 Å². The Bertz CT molecular complexity index is 347. The molecule has 0 aromatic heterocycles. The number of hydrogen-bond acceptors (Lipinski definition) is 2. The van der Waals surface area contributed by atoms with E-state index in [9.17, 15) is 0 Å². The van der Waals surface area contributed by atoms with Gasteiger partial charge in [0.05, 0.1) is 6.10 Å². The third-order valence-corrected chi connectivity index (χ3v) is 3.91. The molecule has 1 aromatic rings. The van der Waals surface area contributed by atoms with Crippen LogP contribution in [0, 0.1) is 6.92 Å². The maximum atomic E-state index is 5.26. The summed E-state index contributed by atoms with van der Waals surface area (Å²) in [6.45, 7) is 2.12. The van der Waals surface area contributed by atoms with Crippen molar-refractivity contribution in [3.63, 3.8) is 0 Å². The zero-order valence-electron chi connectivity index (χ0n) is 9.09. The van der Waals surface area contributed by atoms with Gasteiger partial charge in [0.25, 0.3) is 0 Å². The minimum absolute atomic E-state index is 0.454. The Kier molecular flexibility index (Phi) is 3.32. The van der Waals surface area contributed by atoms with E-state index in [0.717, 1.165) is 17.3 Å². The molecule has 0 bridgehead atoms. The molecular formula is C12H16BrNO. The van der Waals surface area contributed by atoms with Crippen LogP contribution >= 0.6 is 15.9 Å². The van der Waals surface area contributed by atoms with Crippen LogP contribution in [0.4, 0.5) is 5.69 Å². The van der Waals surface area contributed by atoms with Crippen molar-refractivity contribution in [3.05, 3.63) is 28.2 Å². The van der Waals surface area contributed by atoms with Crippen molar-refractivity contribution < 1.29 is 4.74 Å². The molecule has 0 aliphatic heterocycles. The molecule has 0 heterocycles. The number of methoxy groups -OCH3 is 1. The van der Waals surface area contributed by atoms with Gasteiger partial charge in [-0.2, -0.15) is 0 Å². The molecule has 1 aliphatic rings. The average Bonchev–Trinajstić information content (AvgIpc) is 2.17. The molecule has 0 unspecified atom stereocenters. The van der Waals surface area contributed by atoms with E-state index in [4.69, 9.17) is 4.74 Å². The lowest BCUT2D eigenvalue weighted by Crippen LogP contribution is -2.40. The molecule has 2 nitrogen and oxygen atoms in total. The summed E-state index contributed by atoms with van der Waals surface area (Å²) in [5, 5.41) is 3.54. The highest BCUT2D eigenvalue weighted by Crippen LogP contribution is 2.29. The predicted octanol–water partition coefficient (Wildman–Crippen LogP) is 3.35. The topological polar surface area (TPSA) is 21.3 Å². The molecule has 82 valence electrons. The van der Waals surface area contributed by atoms with Crippen molar-refractivity contribution in [2.24, 2.45) is 0 Å². The Morgan fingerprint density at radius 1 is 1.40 bits per heavy atom. The molecule has 1 aliphatic carbocycles. The van der Waals surface area contributed by atoms with Gasteiger partial charge in [0.2, 0.25) is 0 Å². The van der Waals surface area contributed by atoms with E-state index in [1.54, 1.807) is 7.11 Å². The quantitative estimate of drug-likeness (QED) is 0.909. The summed E-state index contributed by atoms with van der Waals surface area (Å²) in [6, 6.07) is 6.83. The highest BCUT2D eigenvalue weighted by molar-refractivity contribution is 9.10. The first kappa shape index (κ1) is 11.0. The van der Waals surface area contributed by atoms with E-state index in [-0.39, 0.29) is 0 Å². The normalized spacial score (nSPS) is 24.7. The van der Waals surface area contributed by atoms with Crippen LogP contribution in [-0.2, 0) is 4.74 Å². The van der Waals surface area contributed by atoms with Crippen LogP contribution in [0.5, 0.6) is 0 Å². The first-order valence-corrected chi connectivity index (χ1v) is 6.04. The molecule has 0 amide bonds. The smallest absolute Gasteiger partial charge is 0.0610 e. The van der Waals surface area contributed by atoms with Gasteiger partial charge in [0.15, 0.2) is 0 Å². The molecule has 3 heteroatoms. The highest BCUT2D eigenvalue weighted by atomic mass is 79.9. The van der Waals surface area contributed by atoms with Crippen LogP contribution < -0.4 is 5.32 Å². The van der Waals surface area contributed by atoms with Crippen molar-refractivity contribution in [3.8, 4) is 0 Å². The van der Waals surface area contributed by atoms with Gasteiger partial charge >= 0.3 is 0 Å². The van der Waals surface area contributed by atoms with Gasteiger partial charge in [-0.15, -0.1) is 0 Å². The first-order chi connectivity index (χ1) is 7.20. The van der Waals surface area contributed by atoms with Crippen molar-refractivity contribution in [2.75, 3.05) is 12.4 Å². The molecule has 0 atom stereocenters. The van der Waals surface area contributed by atoms with Gasteiger partial charge < -0.3 is 10.1 Å². The third kappa shape index (κ3) is 2.34. The minimum Gasteiger partial charge on any atom is -0.382 e. The molecule has 1 saturated carbocycles. The monoisotopic (exact) mass is 269 g/mol. The Morgan fingerprint density at radius 2 is 2.13 bits per heavy atom. The molecule has 1 fully saturated rings. The Balaban J connectivity index is 1.97. The molecule has 1 N–H and O–H groups in total. The van der Waals surface area contributed by atoms with E-state index in [1.165, 1.54) is 11.3 Å². The summed E-state index contributed by atoms with van der Waals surface area (Å²) < 4.78 is 6.42. The third-order valence-electron chi connectivity index (χ3n) is 3.06. The van der Waals surface area contributed by atoms with E-state index in [0.29, 0.717) is 12.1 Å². The van der Waals surface area contributed by atoms with Crippen molar-refractivity contribution in [1.82, 2.24) is 0 Å². The van der Waals surface area contributed by atoms with E-state index >= 15 is 0 Å². The first-order valence-electron chi connectivity index (χ1n) is 5.25. The van der Waals surface area contributed by atoms with Gasteiger partial charge in [-0.1, -0.05) is 22.0 Å². The lowest BCUT2D eigenvalue weighted by molar-refractivity contribution is 0.0328. The van der Waals surface area contributed by atoms with E-state index in [2.05, 4.69) is 46.4 Å². The Hall–Kier alpha value is -0.540. The zero-order chi connectivity index (χ0) is 10.8. The summed E-state index contributed by atoms with van der Waals surface area (Å²) in [7, 11) is 1.78. The Morgan fingerprint density at radius 3 is 2.80 bits per heavy atom. The van der Waals surface area contributed by atoms with Crippen molar-refractivity contribution in [1.29, 1.82) is 0 Å². The van der Waals surface area contributed by atoms with Crippen molar-refractivity contribution >= 4 is 21.6 Å². The molecular weight excluding hydrogens is 254 g/mol. The Labute approximate surface area is 99.1 Å². The second-order valence-electron chi connectivity index (χ2n) is 4.08. The maximum absolute atomic E-state index is 5.26. The summed E-state index contributed by atoms with van der Waals surface area (Å²) in [5.74, 6) is 0. The molecule has 0 spiro atoms. The predicted molar refractivity (Wildman–Crippen MR) is 66.3 cm³/mol. The lowest BCUT2D eigenvalue weighted by atomic mass is 9.89. The van der Waals surface area contributed by atoms with Crippen LogP contribution in [0.3, 0.4) is 0 Å². The summed E-state index contributed by atoms with van der Waals surface area (Å²) in [5.41, 5.74) is 2.50. The molecule has 2 rings (SSSR count). The van der Waals surface area contributed by atoms with E-state index in [1.807, 2.05) is 0 Å². The van der Waals surface area contributed by atoms with Gasteiger partial charge in [-0.25, -0.2) is 0 Å². The van der Waals surface area contributed by atoms with Crippen LogP contribution in [0.25, 0.3) is 0 Å². The second-order valence-corrected chi connectivity index (χ2v) is 4.94. The highest BCUT2D eigenvalue weighted by Gasteiger charge is 2.28. The lowest BCUT2D eigenvalue weighted by Gasteiger charge is -2.35. The fraction of sp³-hybridized carbons (Fsp3) is 0.500. The average molecular weight is 270 g/mol. The summed E-state index contributed by atoms with van der Waals surface area (Å²) in [4.78, 5) is 0. The summed E-state index contributed by atoms with van der Waals surface area (Å²) in [6.07, 6.45) is 2.68. The van der Waals surface area contributed by atoms with Gasteiger partial charge in [-0.05, 0) is 37.5 Å². The number of halogens is 1. The minimum atomic E-state index is 0.454. The van der Waals surface area contributed by atoms with Crippen LogP contribution in [0.2, 0.25) is 0 Å². The van der Waals surface area contributed by atoms with Gasteiger partial charge in [-0.3, -0.25) is 0 Å². The number of anilines is 1. The molecule has 15 heavy (non-hydrogen) atoms. The number of ether oxygens (including phenoxy) is 1. The number of nitrogens with one attached hydrogen (secondary N) is 1. The fourth-order valence-electron chi connectivity index (χ4n) is 1.86. The van der Waals surface area contributed by atoms with Gasteiger partial charge in [0.1, 0.15) is 0 Å². The van der Waals surface area contributed by atoms with Crippen LogP contribution in [-0.4, -0.2) is 19.3 Å². The molecule has 0 saturated heterocycles.